The molecule has 1 heterocycles. The molecular weight excluding hydrogens is 264 g/mol. The van der Waals surface area contributed by atoms with Crippen molar-refractivity contribution in [2.75, 3.05) is 27.2 Å². The maximum absolute atomic E-state index is 12.3. The number of amides is 1. The first-order valence-corrected chi connectivity index (χ1v) is 6.78. The van der Waals surface area contributed by atoms with Gasteiger partial charge < -0.3 is 15.0 Å². The number of benzene rings is 1. The quantitative estimate of drug-likeness (QED) is 0.914. The number of carbonyl (C=O) groups excluding carboxylic acids is 1. The highest BCUT2D eigenvalue weighted by Gasteiger charge is 2.23. The number of hydrogen-bond donors (Lipinski definition) is 1. The van der Waals surface area contributed by atoms with Gasteiger partial charge >= 0.3 is 0 Å². The number of likely N-dealkylation sites (N-methyl/N-ethyl adjacent to an activating group) is 1. The van der Waals surface area contributed by atoms with Crippen LogP contribution in [0.4, 0.5) is 0 Å². The van der Waals surface area contributed by atoms with Gasteiger partial charge in [-0.25, -0.2) is 0 Å². The van der Waals surface area contributed by atoms with Gasteiger partial charge in [-0.05, 0) is 31.2 Å². The van der Waals surface area contributed by atoms with Crippen LogP contribution >= 0.6 is 11.6 Å². The Morgan fingerprint density at radius 2 is 2.37 bits per heavy atom. The van der Waals surface area contributed by atoms with Gasteiger partial charge in [0.1, 0.15) is 5.75 Å². The van der Waals surface area contributed by atoms with Gasteiger partial charge in [0.05, 0.1) is 13.5 Å². The van der Waals surface area contributed by atoms with Crippen molar-refractivity contribution in [3.63, 3.8) is 0 Å². The lowest BCUT2D eigenvalue weighted by Gasteiger charge is -2.24. The van der Waals surface area contributed by atoms with E-state index in [2.05, 4.69) is 5.32 Å². The fourth-order valence-electron chi connectivity index (χ4n) is 2.35. The summed E-state index contributed by atoms with van der Waals surface area (Å²) in [5, 5.41) is 3.88. The van der Waals surface area contributed by atoms with Crippen molar-refractivity contribution in [3.8, 4) is 5.75 Å². The van der Waals surface area contributed by atoms with Crippen LogP contribution in [0.25, 0.3) is 0 Å². The minimum atomic E-state index is 0.0919. The lowest BCUT2D eigenvalue weighted by Crippen LogP contribution is -2.39. The third-order valence-corrected chi connectivity index (χ3v) is 3.79. The Labute approximate surface area is 118 Å². The van der Waals surface area contributed by atoms with E-state index in [0.29, 0.717) is 17.2 Å². The predicted octanol–water partition coefficient (Wildman–Crippen LogP) is 1.71. The topological polar surface area (TPSA) is 41.6 Å². The number of nitrogens with zero attached hydrogens (tertiary/aromatic N) is 1. The number of carbonyl (C=O) groups is 1. The SMILES string of the molecule is COc1ccc(Cl)cc1CC(=O)N(C)[C@H]1CCNC1. The molecule has 1 atom stereocenters. The zero-order valence-corrected chi connectivity index (χ0v) is 12.0. The van der Waals surface area contributed by atoms with Crippen molar-refractivity contribution in [2.24, 2.45) is 0 Å². The molecule has 4 nitrogen and oxygen atoms in total. The first-order valence-electron chi connectivity index (χ1n) is 6.40. The molecule has 0 bridgehead atoms. The number of hydrogen-bond acceptors (Lipinski definition) is 3. The van der Waals surface area contributed by atoms with Gasteiger partial charge in [0.25, 0.3) is 0 Å². The van der Waals surface area contributed by atoms with Crippen LogP contribution in [0.15, 0.2) is 18.2 Å². The summed E-state index contributed by atoms with van der Waals surface area (Å²) in [4.78, 5) is 14.1. The Morgan fingerprint density at radius 1 is 1.58 bits per heavy atom. The molecule has 19 heavy (non-hydrogen) atoms. The van der Waals surface area contributed by atoms with Crippen LogP contribution in [0.2, 0.25) is 5.02 Å². The second-order valence-corrected chi connectivity index (χ2v) is 5.22. The summed E-state index contributed by atoms with van der Waals surface area (Å²) < 4.78 is 5.26. The molecule has 1 aromatic rings. The van der Waals surface area contributed by atoms with Crippen LogP contribution in [0.1, 0.15) is 12.0 Å². The van der Waals surface area contributed by atoms with Crippen LogP contribution in [0, 0.1) is 0 Å². The number of methoxy groups -OCH3 is 1. The Kier molecular flexibility index (Phi) is 4.66. The van der Waals surface area contributed by atoms with Gasteiger partial charge in [-0.2, -0.15) is 0 Å². The van der Waals surface area contributed by atoms with E-state index >= 15 is 0 Å². The first-order chi connectivity index (χ1) is 9.11. The van der Waals surface area contributed by atoms with Crippen LogP contribution in [0.3, 0.4) is 0 Å². The third kappa shape index (κ3) is 3.39. The zero-order chi connectivity index (χ0) is 13.8. The number of ether oxygens (including phenoxy) is 1. The summed E-state index contributed by atoms with van der Waals surface area (Å²) in [6.45, 7) is 1.84. The minimum absolute atomic E-state index is 0.0919. The molecule has 0 spiro atoms. The highest BCUT2D eigenvalue weighted by Crippen LogP contribution is 2.23. The third-order valence-electron chi connectivity index (χ3n) is 3.56. The zero-order valence-electron chi connectivity index (χ0n) is 11.3. The van der Waals surface area contributed by atoms with Crippen molar-refractivity contribution in [1.82, 2.24) is 10.2 Å². The molecule has 1 aliphatic heterocycles. The van der Waals surface area contributed by atoms with E-state index in [4.69, 9.17) is 16.3 Å². The van der Waals surface area contributed by atoms with Crippen LogP contribution in [0.5, 0.6) is 5.75 Å². The molecule has 0 aromatic heterocycles. The molecule has 1 fully saturated rings. The fourth-order valence-corrected chi connectivity index (χ4v) is 2.54. The van der Waals surface area contributed by atoms with Crippen LogP contribution in [-0.4, -0.2) is 44.1 Å². The fraction of sp³-hybridized carbons (Fsp3) is 0.500. The van der Waals surface area contributed by atoms with E-state index in [1.54, 1.807) is 25.3 Å². The van der Waals surface area contributed by atoms with Crippen molar-refractivity contribution >= 4 is 17.5 Å². The molecule has 1 aromatic carbocycles. The van der Waals surface area contributed by atoms with E-state index < -0.39 is 0 Å². The van der Waals surface area contributed by atoms with Gasteiger partial charge in [0, 0.05) is 30.2 Å². The molecule has 1 saturated heterocycles. The smallest absolute Gasteiger partial charge is 0.227 e. The van der Waals surface area contributed by atoms with Crippen molar-refractivity contribution in [1.29, 1.82) is 0 Å². The second kappa shape index (κ2) is 6.26. The largest absolute Gasteiger partial charge is 0.496 e. The molecular formula is C14H19ClN2O2. The summed E-state index contributed by atoms with van der Waals surface area (Å²) in [7, 11) is 3.46. The van der Waals surface area contributed by atoms with Crippen LogP contribution < -0.4 is 10.1 Å². The normalized spacial score (nSPS) is 18.4. The lowest BCUT2D eigenvalue weighted by atomic mass is 10.1. The summed E-state index contributed by atoms with van der Waals surface area (Å²) in [5.74, 6) is 0.796. The number of halogens is 1. The van der Waals surface area contributed by atoms with Gasteiger partial charge in [0.15, 0.2) is 0 Å². The highest BCUT2D eigenvalue weighted by molar-refractivity contribution is 6.30. The average Bonchev–Trinajstić information content (AvgIpc) is 2.92. The number of nitrogens with one attached hydrogen (secondary N) is 1. The minimum Gasteiger partial charge on any atom is -0.496 e. The maximum Gasteiger partial charge on any atom is 0.227 e. The van der Waals surface area contributed by atoms with E-state index in [-0.39, 0.29) is 11.9 Å². The van der Waals surface area contributed by atoms with Gasteiger partial charge in [-0.15, -0.1) is 0 Å². The summed E-state index contributed by atoms with van der Waals surface area (Å²) in [6, 6.07) is 5.64. The van der Waals surface area contributed by atoms with Crippen molar-refractivity contribution in [2.45, 2.75) is 18.9 Å². The lowest BCUT2D eigenvalue weighted by molar-refractivity contribution is -0.130. The second-order valence-electron chi connectivity index (χ2n) is 4.78. The van der Waals surface area contributed by atoms with E-state index in [9.17, 15) is 4.79 Å². The predicted molar refractivity (Wildman–Crippen MR) is 75.8 cm³/mol. The molecule has 0 saturated carbocycles. The first kappa shape index (κ1) is 14.2. The van der Waals surface area contributed by atoms with E-state index in [0.717, 1.165) is 25.1 Å². The molecule has 104 valence electrons. The summed E-state index contributed by atoms with van der Waals surface area (Å²) in [6.07, 6.45) is 1.33. The molecule has 1 N–H and O–H groups in total. The van der Waals surface area contributed by atoms with Gasteiger partial charge in [0.2, 0.25) is 5.91 Å². The van der Waals surface area contributed by atoms with Crippen LogP contribution in [-0.2, 0) is 11.2 Å². The molecule has 0 radical (unpaired) electrons. The molecule has 0 unspecified atom stereocenters. The van der Waals surface area contributed by atoms with Gasteiger partial charge in [-0.3, -0.25) is 4.79 Å². The Hall–Kier alpha value is -1.26. The number of rotatable bonds is 4. The highest BCUT2D eigenvalue weighted by atomic mass is 35.5. The van der Waals surface area contributed by atoms with Gasteiger partial charge in [-0.1, -0.05) is 11.6 Å². The monoisotopic (exact) mass is 282 g/mol. The maximum atomic E-state index is 12.3. The van der Waals surface area contributed by atoms with Crippen molar-refractivity contribution < 1.29 is 9.53 Å². The Balaban J connectivity index is 2.07. The van der Waals surface area contributed by atoms with Crippen molar-refractivity contribution in [3.05, 3.63) is 28.8 Å². The molecule has 1 amide bonds. The Bertz CT molecular complexity index is 459. The molecule has 1 aliphatic rings. The molecule has 0 aliphatic carbocycles. The molecule has 2 rings (SSSR count). The summed E-state index contributed by atoms with van der Waals surface area (Å²) in [5.41, 5.74) is 0.831. The molecule has 5 heteroatoms. The standard InChI is InChI=1S/C14H19ClN2O2/c1-17(12-5-6-16-9-12)14(18)8-10-7-11(15)3-4-13(10)19-2/h3-4,7,12,16H,5-6,8-9H2,1-2H3/t12-/m0/s1. The van der Waals surface area contributed by atoms with E-state index in [1.807, 2.05) is 11.9 Å². The van der Waals surface area contributed by atoms with E-state index in [1.165, 1.54) is 0 Å². The summed E-state index contributed by atoms with van der Waals surface area (Å²) >= 11 is 5.97. The Morgan fingerprint density at radius 3 is 3.00 bits per heavy atom. The average molecular weight is 283 g/mol.